The molecule has 4 aromatic heterocycles. The fraction of sp³-hybridized carbons (Fsp3) is 0.385. The van der Waals surface area contributed by atoms with Crippen LogP contribution in [-0.2, 0) is 17.9 Å². The lowest BCUT2D eigenvalue weighted by Gasteiger charge is -2.36. The number of ether oxygens (including phenoxy) is 2. The van der Waals surface area contributed by atoms with Crippen LogP contribution in [0.25, 0.3) is 27.6 Å². The standard InChI is InChI=1S/C39H42FN9O4/c1-52-34-21-30(40)22-42-38(34)45-14-16-46(17-15-45)39(51)29-18-28-20-33(27-4-3-11-47(25-27)36(50)8-12-48-13-10-43-44-48)49(24-26-5-6-26)37(28)32(19-29)31-7-9-41-23-35(31)53-2/h4,7,9-10,13,18-23,26H,3,5-6,8,11-12,14-17,24-25H2,1-2H3. The lowest BCUT2D eigenvalue weighted by Crippen LogP contribution is -2.49. The molecule has 14 heteroatoms. The van der Waals surface area contributed by atoms with Crippen LogP contribution in [0.1, 0.15) is 41.7 Å². The monoisotopic (exact) mass is 719 g/mol. The van der Waals surface area contributed by atoms with E-state index in [-0.39, 0.29) is 11.8 Å². The van der Waals surface area contributed by atoms with Gasteiger partial charge in [-0.25, -0.2) is 9.37 Å². The SMILES string of the molecule is COc1cnccc1-c1cc(C(=O)N2CCN(c3ncc(F)cc3OC)CC2)cc2cc(C3=CCCN(C(=O)CCn4ccnn4)C3)n(CC3CC3)c12. The highest BCUT2D eigenvalue weighted by Crippen LogP contribution is 2.42. The number of aryl methyl sites for hydroxylation is 1. The third kappa shape index (κ3) is 7.05. The second-order valence-corrected chi connectivity index (χ2v) is 13.8. The molecule has 2 amide bonds. The van der Waals surface area contributed by atoms with Crippen molar-refractivity contribution in [3.05, 3.63) is 84.5 Å². The number of rotatable bonds is 11. The van der Waals surface area contributed by atoms with E-state index < -0.39 is 5.82 Å². The first-order valence-electron chi connectivity index (χ1n) is 18.1. The van der Waals surface area contributed by atoms with Gasteiger partial charge in [-0.05, 0) is 55.0 Å². The van der Waals surface area contributed by atoms with E-state index >= 15 is 0 Å². The second-order valence-electron chi connectivity index (χ2n) is 13.8. The van der Waals surface area contributed by atoms with E-state index in [9.17, 15) is 14.0 Å². The minimum atomic E-state index is -0.462. The van der Waals surface area contributed by atoms with Crippen molar-refractivity contribution in [2.45, 2.75) is 38.8 Å². The van der Waals surface area contributed by atoms with Gasteiger partial charge in [0.05, 0.1) is 44.9 Å². The van der Waals surface area contributed by atoms with Crippen molar-refractivity contribution in [1.82, 2.24) is 39.3 Å². The van der Waals surface area contributed by atoms with Gasteiger partial charge in [-0.1, -0.05) is 11.3 Å². The molecule has 1 aliphatic carbocycles. The van der Waals surface area contributed by atoms with Gasteiger partial charge in [0.2, 0.25) is 5.91 Å². The zero-order valence-corrected chi connectivity index (χ0v) is 29.9. The summed E-state index contributed by atoms with van der Waals surface area (Å²) in [4.78, 5) is 42.1. The van der Waals surface area contributed by atoms with E-state index in [1.807, 2.05) is 32.9 Å². The highest BCUT2D eigenvalue weighted by atomic mass is 19.1. The number of anilines is 1. The number of hydrogen-bond acceptors (Lipinski definition) is 9. The first-order valence-corrected chi connectivity index (χ1v) is 18.1. The summed E-state index contributed by atoms with van der Waals surface area (Å²) in [6.07, 6.45) is 13.7. The highest BCUT2D eigenvalue weighted by molar-refractivity contribution is 6.05. The van der Waals surface area contributed by atoms with E-state index in [0.717, 1.165) is 46.3 Å². The Morgan fingerprint density at radius 2 is 1.75 bits per heavy atom. The van der Waals surface area contributed by atoms with Crippen molar-refractivity contribution >= 4 is 34.1 Å². The molecule has 0 unspecified atom stereocenters. The van der Waals surface area contributed by atoms with Gasteiger partial charge in [-0.2, -0.15) is 0 Å². The van der Waals surface area contributed by atoms with E-state index in [1.165, 1.54) is 32.2 Å². The predicted octanol–water partition coefficient (Wildman–Crippen LogP) is 4.92. The van der Waals surface area contributed by atoms with Crippen LogP contribution in [0.3, 0.4) is 0 Å². The number of methoxy groups -OCH3 is 2. The molecule has 1 aromatic carbocycles. The number of piperazine rings is 1. The zero-order valence-electron chi connectivity index (χ0n) is 29.9. The molecule has 3 aliphatic rings. The van der Waals surface area contributed by atoms with Crippen LogP contribution in [-0.4, -0.2) is 105 Å². The Labute approximate surface area is 306 Å². The van der Waals surface area contributed by atoms with E-state index in [4.69, 9.17) is 9.47 Å². The smallest absolute Gasteiger partial charge is 0.254 e. The molecule has 8 rings (SSSR count). The Morgan fingerprint density at radius 1 is 0.925 bits per heavy atom. The molecular weight excluding hydrogens is 677 g/mol. The number of fused-ring (bicyclic) bond motifs is 1. The molecule has 6 heterocycles. The van der Waals surface area contributed by atoms with Crippen molar-refractivity contribution in [1.29, 1.82) is 0 Å². The van der Waals surface area contributed by atoms with Gasteiger partial charge in [0.1, 0.15) is 11.6 Å². The lowest BCUT2D eigenvalue weighted by atomic mass is 9.99. The van der Waals surface area contributed by atoms with Gasteiger partial charge in [-0.15, -0.1) is 5.10 Å². The number of carbonyl (C=O) groups is 2. The molecule has 2 aliphatic heterocycles. The normalized spacial score (nSPS) is 16.2. The van der Waals surface area contributed by atoms with Crippen molar-refractivity contribution < 1.29 is 23.5 Å². The zero-order chi connectivity index (χ0) is 36.5. The van der Waals surface area contributed by atoms with Gasteiger partial charge >= 0.3 is 0 Å². The van der Waals surface area contributed by atoms with Gasteiger partial charge < -0.3 is 28.7 Å². The summed E-state index contributed by atoms with van der Waals surface area (Å²) in [7, 11) is 3.13. The average Bonchev–Trinajstić information content (AvgIpc) is 3.72. The quantitative estimate of drug-likeness (QED) is 0.187. The highest BCUT2D eigenvalue weighted by Gasteiger charge is 2.30. The van der Waals surface area contributed by atoms with Crippen LogP contribution < -0.4 is 14.4 Å². The number of nitrogens with zero attached hydrogens (tertiary/aromatic N) is 9. The molecule has 13 nitrogen and oxygen atoms in total. The lowest BCUT2D eigenvalue weighted by molar-refractivity contribution is -0.131. The number of pyridine rings is 2. The molecule has 0 spiro atoms. The molecule has 274 valence electrons. The van der Waals surface area contributed by atoms with Gasteiger partial charge in [0, 0.05) is 98.5 Å². The largest absolute Gasteiger partial charge is 0.494 e. The number of hydrogen-bond donors (Lipinski definition) is 0. The molecule has 2 fully saturated rings. The van der Waals surface area contributed by atoms with Gasteiger partial charge in [-0.3, -0.25) is 19.3 Å². The molecule has 0 atom stereocenters. The van der Waals surface area contributed by atoms with E-state index in [0.29, 0.717) is 81.0 Å². The summed E-state index contributed by atoms with van der Waals surface area (Å²) in [5.41, 5.74) is 5.52. The van der Waals surface area contributed by atoms with Crippen molar-refractivity contribution in [2.75, 3.05) is 58.4 Å². The fourth-order valence-electron chi connectivity index (χ4n) is 7.49. The summed E-state index contributed by atoms with van der Waals surface area (Å²) in [6.45, 7) is 4.48. The van der Waals surface area contributed by atoms with Crippen molar-refractivity contribution in [2.24, 2.45) is 5.92 Å². The predicted molar refractivity (Wildman–Crippen MR) is 197 cm³/mol. The first kappa shape index (κ1) is 34.3. The molecule has 1 saturated carbocycles. The van der Waals surface area contributed by atoms with Crippen LogP contribution in [0.2, 0.25) is 0 Å². The minimum Gasteiger partial charge on any atom is -0.494 e. The summed E-state index contributed by atoms with van der Waals surface area (Å²) in [5.74, 6) is 1.66. The van der Waals surface area contributed by atoms with Gasteiger partial charge in [0.15, 0.2) is 11.6 Å². The molecule has 0 radical (unpaired) electrons. The maximum atomic E-state index is 14.3. The third-order valence-corrected chi connectivity index (χ3v) is 10.4. The Morgan fingerprint density at radius 3 is 2.51 bits per heavy atom. The number of benzene rings is 1. The van der Waals surface area contributed by atoms with Gasteiger partial charge in [0.25, 0.3) is 5.91 Å². The molecular formula is C39H42FN9O4. The van der Waals surface area contributed by atoms with Crippen LogP contribution in [0.4, 0.5) is 10.2 Å². The van der Waals surface area contributed by atoms with Crippen LogP contribution in [0.5, 0.6) is 11.5 Å². The Hall–Kier alpha value is -5.79. The van der Waals surface area contributed by atoms with Crippen molar-refractivity contribution in [3.63, 3.8) is 0 Å². The summed E-state index contributed by atoms with van der Waals surface area (Å²) < 4.78 is 29.1. The average molecular weight is 720 g/mol. The maximum absolute atomic E-state index is 14.3. The summed E-state index contributed by atoms with van der Waals surface area (Å²) in [6, 6.07) is 9.44. The number of amides is 2. The second kappa shape index (κ2) is 14.7. The van der Waals surface area contributed by atoms with E-state index in [1.54, 1.807) is 36.6 Å². The molecule has 0 bridgehead atoms. The minimum absolute atomic E-state index is 0.0719. The topological polar surface area (TPSA) is 124 Å². The Balaban J connectivity index is 1.13. The fourth-order valence-corrected chi connectivity index (χ4v) is 7.49. The number of aromatic nitrogens is 6. The first-order chi connectivity index (χ1) is 25.9. The van der Waals surface area contributed by atoms with E-state index in [2.05, 4.69) is 37.0 Å². The summed E-state index contributed by atoms with van der Waals surface area (Å²) >= 11 is 0. The Kier molecular flexibility index (Phi) is 9.50. The summed E-state index contributed by atoms with van der Waals surface area (Å²) in [5, 5.41) is 8.81. The third-order valence-electron chi connectivity index (χ3n) is 10.4. The molecule has 1 saturated heterocycles. The van der Waals surface area contributed by atoms with Crippen molar-refractivity contribution in [3.8, 4) is 22.6 Å². The maximum Gasteiger partial charge on any atom is 0.254 e. The van der Waals surface area contributed by atoms with Crippen LogP contribution in [0.15, 0.2) is 67.4 Å². The number of halogens is 1. The van der Waals surface area contributed by atoms with Crippen LogP contribution >= 0.6 is 0 Å². The molecule has 0 N–H and O–H groups in total. The number of carbonyl (C=O) groups excluding carboxylic acids is 2. The van der Waals surface area contributed by atoms with Crippen LogP contribution in [0, 0.1) is 11.7 Å². The molecule has 53 heavy (non-hydrogen) atoms. The molecule has 5 aromatic rings. The Bertz CT molecular complexity index is 2170.